The second kappa shape index (κ2) is 5.83. The molecule has 0 radical (unpaired) electrons. The van der Waals surface area contributed by atoms with Gasteiger partial charge in [-0.25, -0.2) is 0 Å². The highest BCUT2D eigenvalue weighted by Crippen LogP contribution is 2.41. The van der Waals surface area contributed by atoms with Crippen molar-refractivity contribution in [1.29, 1.82) is 5.26 Å². The van der Waals surface area contributed by atoms with Crippen LogP contribution in [0.15, 0.2) is 0 Å². The first-order valence-electron chi connectivity index (χ1n) is 8.45. The number of nitriles is 1. The van der Waals surface area contributed by atoms with Crippen LogP contribution in [-0.4, -0.2) is 23.5 Å². The van der Waals surface area contributed by atoms with Crippen LogP contribution in [0, 0.1) is 29.1 Å². The van der Waals surface area contributed by atoms with E-state index in [2.05, 4.69) is 17.9 Å². The van der Waals surface area contributed by atoms with Gasteiger partial charge < -0.3 is 0 Å². The predicted octanol–water partition coefficient (Wildman–Crippen LogP) is 3.97. The second-order valence-corrected chi connectivity index (χ2v) is 7.21. The molecule has 2 saturated carbocycles. The Kier molecular flexibility index (Phi) is 4.12. The van der Waals surface area contributed by atoms with Crippen molar-refractivity contribution in [2.75, 3.05) is 6.54 Å². The van der Waals surface area contributed by atoms with E-state index in [0.717, 1.165) is 24.3 Å². The van der Waals surface area contributed by atoms with E-state index in [1.807, 2.05) is 0 Å². The highest BCUT2D eigenvalue weighted by Gasteiger charge is 2.41. The molecule has 0 aromatic heterocycles. The van der Waals surface area contributed by atoms with Gasteiger partial charge in [-0.15, -0.1) is 0 Å². The summed E-state index contributed by atoms with van der Waals surface area (Å²) in [7, 11) is 0. The normalized spacial score (nSPS) is 44.3. The molecule has 0 bridgehead atoms. The number of hydrogen-bond acceptors (Lipinski definition) is 2. The fourth-order valence-electron chi connectivity index (χ4n) is 4.94. The monoisotopic (exact) mass is 260 g/mol. The topological polar surface area (TPSA) is 27.0 Å². The molecule has 0 N–H and O–H groups in total. The van der Waals surface area contributed by atoms with E-state index in [1.54, 1.807) is 0 Å². The molecule has 2 heteroatoms. The first kappa shape index (κ1) is 13.4. The summed E-state index contributed by atoms with van der Waals surface area (Å²) in [5.74, 6) is 2.06. The van der Waals surface area contributed by atoms with Crippen molar-refractivity contribution >= 4 is 0 Å². The Morgan fingerprint density at radius 3 is 2.58 bits per heavy atom. The molecular weight excluding hydrogens is 232 g/mol. The molecule has 0 spiro atoms. The molecule has 106 valence electrons. The first-order valence-corrected chi connectivity index (χ1v) is 8.45. The zero-order valence-corrected chi connectivity index (χ0v) is 12.4. The molecule has 1 saturated heterocycles. The number of rotatable bonds is 1. The van der Waals surface area contributed by atoms with E-state index in [0.29, 0.717) is 12.0 Å². The van der Waals surface area contributed by atoms with E-state index >= 15 is 0 Å². The van der Waals surface area contributed by atoms with Crippen LogP contribution in [0.4, 0.5) is 0 Å². The lowest BCUT2D eigenvalue weighted by Gasteiger charge is -2.50. The maximum Gasteiger partial charge on any atom is 0.0672 e. The summed E-state index contributed by atoms with van der Waals surface area (Å²) in [6.45, 7) is 3.64. The summed E-state index contributed by atoms with van der Waals surface area (Å²) in [6.07, 6.45) is 12.2. The zero-order chi connectivity index (χ0) is 13.2. The van der Waals surface area contributed by atoms with Gasteiger partial charge in [0.1, 0.15) is 0 Å². The molecule has 0 aromatic carbocycles. The van der Waals surface area contributed by atoms with Crippen molar-refractivity contribution < 1.29 is 0 Å². The van der Waals surface area contributed by atoms with Gasteiger partial charge in [-0.1, -0.05) is 19.8 Å². The number of hydrogen-bond donors (Lipinski definition) is 0. The Bertz CT molecular complexity index is 344. The number of piperidine rings is 1. The van der Waals surface area contributed by atoms with Gasteiger partial charge in [0, 0.05) is 12.1 Å². The van der Waals surface area contributed by atoms with Crippen LogP contribution in [0.2, 0.25) is 0 Å². The molecule has 5 atom stereocenters. The lowest BCUT2D eigenvalue weighted by atomic mass is 9.73. The zero-order valence-electron chi connectivity index (χ0n) is 12.4. The van der Waals surface area contributed by atoms with Crippen LogP contribution in [0.1, 0.15) is 64.7 Å². The minimum Gasteiger partial charge on any atom is -0.296 e. The van der Waals surface area contributed by atoms with Crippen molar-refractivity contribution in [3.63, 3.8) is 0 Å². The Morgan fingerprint density at radius 2 is 1.74 bits per heavy atom. The van der Waals surface area contributed by atoms with Gasteiger partial charge in [-0.2, -0.15) is 5.26 Å². The standard InChI is InChI=1S/C17H28N2/c1-13-8-9-15(12-18)17(11-13)19-10-4-6-14-5-2-3-7-16(14)19/h13-17H,2-11H2,1H3/t13?,14-,15?,16-,17?/m1/s1. The van der Waals surface area contributed by atoms with Crippen molar-refractivity contribution in [3.8, 4) is 6.07 Å². The summed E-state index contributed by atoms with van der Waals surface area (Å²) < 4.78 is 0. The van der Waals surface area contributed by atoms with Crippen LogP contribution in [0.3, 0.4) is 0 Å². The average molecular weight is 260 g/mol. The average Bonchev–Trinajstić information content (AvgIpc) is 2.46. The van der Waals surface area contributed by atoms with E-state index < -0.39 is 0 Å². The van der Waals surface area contributed by atoms with Gasteiger partial charge in [0.05, 0.1) is 12.0 Å². The molecule has 19 heavy (non-hydrogen) atoms. The lowest BCUT2D eigenvalue weighted by molar-refractivity contribution is -0.00689. The Hall–Kier alpha value is -0.550. The predicted molar refractivity (Wildman–Crippen MR) is 77.6 cm³/mol. The van der Waals surface area contributed by atoms with Crippen LogP contribution >= 0.6 is 0 Å². The largest absolute Gasteiger partial charge is 0.296 e. The smallest absolute Gasteiger partial charge is 0.0672 e. The Morgan fingerprint density at radius 1 is 0.947 bits per heavy atom. The van der Waals surface area contributed by atoms with Crippen molar-refractivity contribution in [1.82, 2.24) is 4.90 Å². The van der Waals surface area contributed by atoms with Gasteiger partial charge in [0.25, 0.3) is 0 Å². The van der Waals surface area contributed by atoms with Crippen molar-refractivity contribution in [3.05, 3.63) is 0 Å². The fraction of sp³-hybridized carbons (Fsp3) is 0.941. The molecule has 3 rings (SSSR count). The fourth-order valence-corrected chi connectivity index (χ4v) is 4.94. The molecule has 2 nitrogen and oxygen atoms in total. The van der Waals surface area contributed by atoms with Crippen LogP contribution in [0.25, 0.3) is 0 Å². The van der Waals surface area contributed by atoms with Gasteiger partial charge in [-0.3, -0.25) is 4.90 Å². The van der Waals surface area contributed by atoms with E-state index in [1.165, 1.54) is 57.9 Å². The molecule has 0 amide bonds. The van der Waals surface area contributed by atoms with E-state index in [-0.39, 0.29) is 0 Å². The molecule has 1 aliphatic heterocycles. The summed E-state index contributed by atoms with van der Waals surface area (Å²) in [5, 5.41) is 9.50. The third-order valence-corrected chi connectivity index (χ3v) is 5.96. The van der Waals surface area contributed by atoms with Crippen LogP contribution in [0.5, 0.6) is 0 Å². The van der Waals surface area contributed by atoms with Gasteiger partial charge in [-0.05, 0) is 63.3 Å². The lowest BCUT2D eigenvalue weighted by Crippen LogP contribution is -2.55. The summed E-state index contributed by atoms with van der Waals surface area (Å²) >= 11 is 0. The molecule has 3 fully saturated rings. The second-order valence-electron chi connectivity index (χ2n) is 7.21. The third kappa shape index (κ3) is 2.68. The van der Waals surface area contributed by atoms with Gasteiger partial charge >= 0.3 is 0 Å². The molecule has 2 aliphatic carbocycles. The highest BCUT2D eigenvalue weighted by molar-refractivity contribution is 5.01. The number of fused-ring (bicyclic) bond motifs is 1. The van der Waals surface area contributed by atoms with Gasteiger partial charge in [0.2, 0.25) is 0 Å². The number of likely N-dealkylation sites (tertiary alicyclic amines) is 1. The summed E-state index contributed by atoms with van der Waals surface area (Å²) in [4.78, 5) is 2.79. The maximum absolute atomic E-state index is 9.50. The van der Waals surface area contributed by atoms with Crippen molar-refractivity contribution in [2.24, 2.45) is 17.8 Å². The maximum atomic E-state index is 9.50. The minimum atomic E-state index is 0.303. The van der Waals surface area contributed by atoms with Crippen LogP contribution in [-0.2, 0) is 0 Å². The molecule has 3 aliphatic rings. The Labute approximate surface area is 118 Å². The molecular formula is C17H28N2. The Balaban J connectivity index is 1.76. The quantitative estimate of drug-likeness (QED) is 0.713. The number of nitrogens with zero attached hydrogens (tertiary/aromatic N) is 2. The highest BCUT2D eigenvalue weighted by atomic mass is 15.2. The summed E-state index contributed by atoms with van der Waals surface area (Å²) in [6, 6.07) is 4.01. The summed E-state index contributed by atoms with van der Waals surface area (Å²) in [5.41, 5.74) is 0. The molecule has 3 unspecified atom stereocenters. The van der Waals surface area contributed by atoms with Crippen molar-refractivity contribution in [2.45, 2.75) is 76.8 Å². The van der Waals surface area contributed by atoms with E-state index in [4.69, 9.17) is 0 Å². The van der Waals surface area contributed by atoms with E-state index in [9.17, 15) is 5.26 Å². The minimum absolute atomic E-state index is 0.303. The molecule has 1 heterocycles. The van der Waals surface area contributed by atoms with Gasteiger partial charge in [0.15, 0.2) is 0 Å². The SMILES string of the molecule is CC1CCC(C#N)C(N2CCC[C@H]3CCCC[C@H]32)C1. The first-order chi connectivity index (χ1) is 9.29. The van der Waals surface area contributed by atoms with Crippen LogP contribution < -0.4 is 0 Å². The molecule has 0 aromatic rings. The third-order valence-electron chi connectivity index (χ3n) is 5.96.